The number of amides is 2. The Morgan fingerprint density at radius 1 is 1.00 bits per heavy atom. The summed E-state index contributed by atoms with van der Waals surface area (Å²) in [4.78, 5) is 61.4. The first-order valence-corrected chi connectivity index (χ1v) is 15.5. The highest BCUT2D eigenvalue weighted by Crippen LogP contribution is 2.35. The van der Waals surface area contributed by atoms with Crippen molar-refractivity contribution in [2.75, 3.05) is 24.3 Å². The molecule has 0 bridgehead atoms. The van der Waals surface area contributed by atoms with Gasteiger partial charge in [-0.2, -0.15) is 0 Å². The predicted molar refractivity (Wildman–Crippen MR) is 166 cm³/mol. The number of nitrogens with zero attached hydrogens (tertiary/aromatic N) is 4. The van der Waals surface area contributed by atoms with Crippen LogP contribution in [-0.2, 0) is 20.8 Å². The van der Waals surface area contributed by atoms with Gasteiger partial charge in [-0.05, 0) is 62.7 Å². The molecule has 2 amide bonds. The molecule has 2 aromatic carbocycles. The van der Waals surface area contributed by atoms with Crippen LogP contribution in [0.15, 0.2) is 53.7 Å². The number of esters is 2. The van der Waals surface area contributed by atoms with E-state index in [1.165, 1.54) is 53.1 Å². The van der Waals surface area contributed by atoms with Crippen molar-refractivity contribution in [2.24, 2.45) is 0 Å². The zero-order valence-corrected chi connectivity index (χ0v) is 26.3. The number of aromatic nitrogens is 3. The number of carbonyl (C=O) groups excluding carboxylic acids is 4. The third kappa shape index (κ3) is 7.91. The van der Waals surface area contributed by atoms with Gasteiger partial charge in [0.25, 0.3) is 11.6 Å². The topological polar surface area (TPSA) is 185 Å². The minimum Gasteiger partial charge on any atom is -0.462 e. The number of nitro benzene ring substituents is 1. The zero-order valence-electron chi connectivity index (χ0n) is 24.7. The van der Waals surface area contributed by atoms with E-state index in [-0.39, 0.29) is 63.2 Å². The average molecular weight is 671 g/mol. The third-order valence-electron chi connectivity index (χ3n) is 6.21. The molecule has 0 fully saturated rings. The van der Waals surface area contributed by atoms with Gasteiger partial charge in [-0.3, -0.25) is 24.3 Å². The molecule has 0 saturated heterocycles. The molecule has 240 valence electrons. The number of hydrogen-bond donors (Lipinski definition) is 2. The molecule has 0 radical (unpaired) electrons. The standard InChI is InChI=1S/C29H27FN6O8S2/c1-4-43-27(39)23-16(3)24(28(40)44-5-2)46-26(23)32-22(37)15-45-29-34-33-21(35(29)19-12-8-18(30)9-13-19)14-31-25(38)17-6-10-20(11-7-17)36(41)42/h6-13H,4-5,14-15H2,1-3H3,(H,31,38)(H,32,37). The molecule has 0 saturated carbocycles. The first kappa shape index (κ1) is 33.7. The molecule has 4 aromatic rings. The molecular weight excluding hydrogens is 643 g/mol. The Bertz CT molecular complexity index is 1770. The number of anilines is 1. The first-order valence-electron chi connectivity index (χ1n) is 13.7. The largest absolute Gasteiger partial charge is 0.462 e. The number of carbonyl (C=O) groups is 4. The lowest BCUT2D eigenvalue weighted by atomic mass is 10.1. The lowest BCUT2D eigenvalue weighted by Gasteiger charge is -2.11. The van der Waals surface area contributed by atoms with Gasteiger partial charge in [0.05, 0.1) is 36.0 Å². The number of rotatable bonds is 13. The second-order valence-corrected chi connectivity index (χ2v) is 11.2. The Morgan fingerprint density at radius 3 is 2.28 bits per heavy atom. The predicted octanol–water partition coefficient (Wildman–Crippen LogP) is 4.70. The van der Waals surface area contributed by atoms with Crippen molar-refractivity contribution in [2.45, 2.75) is 32.5 Å². The van der Waals surface area contributed by atoms with E-state index < -0.39 is 34.5 Å². The van der Waals surface area contributed by atoms with Crippen molar-refractivity contribution in [1.29, 1.82) is 0 Å². The normalized spacial score (nSPS) is 10.7. The van der Waals surface area contributed by atoms with Gasteiger partial charge < -0.3 is 20.1 Å². The van der Waals surface area contributed by atoms with Crippen molar-refractivity contribution in [1.82, 2.24) is 20.1 Å². The Balaban J connectivity index is 1.53. The maximum absolute atomic E-state index is 13.7. The number of ether oxygens (including phenoxy) is 2. The van der Waals surface area contributed by atoms with Gasteiger partial charge >= 0.3 is 11.9 Å². The molecular formula is C29H27FN6O8S2. The summed E-state index contributed by atoms with van der Waals surface area (Å²) < 4.78 is 25.4. The van der Waals surface area contributed by atoms with Crippen LogP contribution >= 0.6 is 23.1 Å². The number of nitro groups is 1. The van der Waals surface area contributed by atoms with E-state index in [1.54, 1.807) is 20.8 Å². The van der Waals surface area contributed by atoms with Gasteiger partial charge in [-0.25, -0.2) is 14.0 Å². The van der Waals surface area contributed by atoms with Gasteiger partial charge in [-0.15, -0.1) is 21.5 Å². The van der Waals surface area contributed by atoms with E-state index in [1.807, 2.05) is 0 Å². The van der Waals surface area contributed by atoms with Crippen LogP contribution in [-0.4, -0.2) is 62.4 Å². The molecule has 0 spiro atoms. The molecule has 2 heterocycles. The highest BCUT2D eigenvalue weighted by molar-refractivity contribution is 7.99. The fraction of sp³-hybridized carbons (Fsp3) is 0.241. The molecule has 0 aliphatic carbocycles. The van der Waals surface area contributed by atoms with Gasteiger partial charge in [0, 0.05) is 23.4 Å². The molecule has 2 aromatic heterocycles. The Labute approximate surface area is 269 Å². The van der Waals surface area contributed by atoms with E-state index in [0.29, 0.717) is 11.3 Å². The second-order valence-electron chi connectivity index (χ2n) is 9.24. The van der Waals surface area contributed by atoms with E-state index >= 15 is 0 Å². The van der Waals surface area contributed by atoms with Crippen molar-refractivity contribution < 1.29 is 38.0 Å². The molecule has 46 heavy (non-hydrogen) atoms. The Kier molecular flexibility index (Phi) is 11.2. The smallest absolute Gasteiger partial charge is 0.348 e. The minimum atomic E-state index is -0.703. The van der Waals surface area contributed by atoms with Crippen LogP contribution in [0.3, 0.4) is 0 Å². The lowest BCUT2D eigenvalue weighted by Crippen LogP contribution is -2.24. The zero-order chi connectivity index (χ0) is 33.4. The summed E-state index contributed by atoms with van der Waals surface area (Å²) in [7, 11) is 0. The highest BCUT2D eigenvalue weighted by atomic mass is 32.2. The number of thiophene rings is 1. The third-order valence-corrected chi connectivity index (χ3v) is 8.32. The highest BCUT2D eigenvalue weighted by Gasteiger charge is 2.27. The van der Waals surface area contributed by atoms with Crippen LogP contribution in [0.25, 0.3) is 5.69 Å². The van der Waals surface area contributed by atoms with Gasteiger partial charge in [-0.1, -0.05) is 11.8 Å². The molecule has 0 aliphatic rings. The summed E-state index contributed by atoms with van der Waals surface area (Å²) in [6.45, 7) is 4.93. The second kappa shape index (κ2) is 15.2. The van der Waals surface area contributed by atoms with Crippen molar-refractivity contribution in [3.63, 3.8) is 0 Å². The Hall–Kier alpha value is -5.16. The monoisotopic (exact) mass is 670 g/mol. The average Bonchev–Trinajstić information content (AvgIpc) is 3.59. The molecule has 0 aliphatic heterocycles. The van der Waals surface area contributed by atoms with E-state index in [2.05, 4.69) is 20.8 Å². The van der Waals surface area contributed by atoms with Crippen LogP contribution in [0.1, 0.15) is 55.6 Å². The van der Waals surface area contributed by atoms with Crippen LogP contribution in [0.5, 0.6) is 0 Å². The van der Waals surface area contributed by atoms with Gasteiger partial charge in [0.15, 0.2) is 11.0 Å². The van der Waals surface area contributed by atoms with Crippen molar-refractivity contribution in [3.8, 4) is 5.69 Å². The SMILES string of the molecule is CCOC(=O)c1sc(NC(=O)CSc2nnc(CNC(=O)c3ccc([N+](=O)[O-])cc3)n2-c2ccc(F)cc2)c(C(=O)OCC)c1C. The van der Waals surface area contributed by atoms with E-state index in [9.17, 15) is 33.7 Å². The fourth-order valence-corrected chi connectivity index (χ4v) is 5.96. The van der Waals surface area contributed by atoms with Crippen LogP contribution in [0, 0.1) is 22.9 Å². The van der Waals surface area contributed by atoms with Crippen molar-refractivity contribution in [3.05, 3.63) is 91.9 Å². The lowest BCUT2D eigenvalue weighted by molar-refractivity contribution is -0.384. The summed E-state index contributed by atoms with van der Waals surface area (Å²) in [6, 6.07) is 10.5. The van der Waals surface area contributed by atoms with Crippen LogP contribution < -0.4 is 10.6 Å². The molecule has 0 atom stereocenters. The van der Waals surface area contributed by atoms with Gasteiger partial charge in [0.1, 0.15) is 15.7 Å². The summed E-state index contributed by atoms with van der Waals surface area (Å²) in [5.41, 5.74) is 0.840. The summed E-state index contributed by atoms with van der Waals surface area (Å²) in [5, 5.41) is 24.9. The molecule has 14 nitrogen and oxygen atoms in total. The number of halogens is 1. The molecule has 0 unspecified atom stereocenters. The number of thioether (sulfide) groups is 1. The molecule has 2 N–H and O–H groups in total. The summed E-state index contributed by atoms with van der Waals surface area (Å²) in [6.07, 6.45) is 0. The molecule has 17 heteroatoms. The number of non-ortho nitro benzene ring substituents is 1. The number of hydrogen-bond acceptors (Lipinski definition) is 12. The van der Waals surface area contributed by atoms with E-state index in [4.69, 9.17) is 9.47 Å². The fourth-order valence-electron chi connectivity index (χ4n) is 4.09. The summed E-state index contributed by atoms with van der Waals surface area (Å²) in [5.74, 6) is -2.83. The number of nitrogens with one attached hydrogen (secondary N) is 2. The van der Waals surface area contributed by atoms with Crippen LogP contribution in [0.4, 0.5) is 15.1 Å². The van der Waals surface area contributed by atoms with Crippen LogP contribution in [0.2, 0.25) is 0 Å². The van der Waals surface area contributed by atoms with E-state index in [0.717, 1.165) is 23.1 Å². The first-order chi connectivity index (χ1) is 22.0. The summed E-state index contributed by atoms with van der Waals surface area (Å²) >= 11 is 1.88. The minimum absolute atomic E-state index is 0.0498. The quantitative estimate of drug-likeness (QED) is 0.0870. The number of benzene rings is 2. The maximum Gasteiger partial charge on any atom is 0.348 e. The Morgan fingerprint density at radius 2 is 1.65 bits per heavy atom. The maximum atomic E-state index is 13.7. The van der Waals surface area contributed by atoms with Gasteiger partial charge in [0.2, 0.25) is 5.91 Å². The molecule has 4 rings (SSSR count). The van der Waals surface area contributed by atoms with Crippen molar-refractivity contribution >= 4 is 57.5 Å².